The van der Waals surface area contributed by atoms with Gasteiger partial charge in [-0.1, -0.05) is 48.9 Å². The molecule has 2 aromatic carbocycles. The fourth-order valence-corrected chi connectivity index (χ4v) is 2.52. The average molecular weight is 340 g/mol. The lowest BCUT2D eigenvalue weighted by Crippen LogP contribution is -2.32. The Morgan fingerprint density at radius 2 is 1.80 bits per heavy atom. The number of nitrogens with two attached hydrogens (primary N) is 1. The molecule has 1 atom stereocenters. The first-order valence-electron chi connectivity index (χ1n) is 8.30. The highest BCUT2D eigenvalue weighted by molar-refractivity contribution is 5.96. The summed E-state index contributed by atoms with van der Waals surface area (Å²) in [4.78, 5) is 24.2. The van der Waals surface area contributed by atoms with Crippen molar-refractivity contribution in [2.75, 3.05) is 12.3 Å². The monoisotopic (exact) mass is 340 g/mol. The highest BCUT2D eigenvalue weighted by Crippen LogP contribution is 2.18. The van der Waals surface area contributed by atoms with Gasteiger partial charge < -0.3 is 15.8 Å². The van der Waals surface area contributed by atoms with Gasteiger partial charge in [0.25, 0.3) is 5.91 Å². The van der Waals surface area contributed by atoms with Crippen LogP contribution in [0, 0.1) is 13.8 Å². The van der Waals surface area contributed by atoms with E-state index in [0.717, 1.165) is 23.1 Å². The van der Waals surface area contributed by atoms with Gasteiger partial charge >= 0.3 is 5.97 Å². The fraction of sp³-hybridized carbons (Fsp3) is 0.300. The molecule has 2 aromatic rings. The molecule has 1 amide bonds. The van der Waals surface area contributed by atoms with Crippen LogP contribution in [0.4, 0.5) is 5.69 Å². The molecule has 132 valence electrons. The van der Waals surface area contributed by atoms with Crippen LogP contribution in [0.2, 0.25) is 0 Å². The summed E-state index contributed by atoms with van der Waals surface area (Å²) in [7, 11) is 0. The number of para-hydroxylation sites is 1. The highest BCUT2D eigenvalue weighted by atomic mass is 16.5. The summed E-state index contributed by atoms with van der Waals surface area (Å²) >= 11 is 0. The Labute approximate surface area is 148 Å². The van der Waals surface area contributed by atoms with Gasteiger partial charge in [0.1, 0.15) is 0 Å². The summed E-state index contributed by atoms with van der Waals surface area (Å²) in [5.41, 5.74) is 9.51. The molecule has 0 aliphatic heterocycles. The topological polar surface area (TPSA) is 81.4 Å². The van der Waals surface area contributed by atoms with Crippen LogP contribution in [0.5, 0.6) is 0 Å². The molecule has 0 bridgehead atoms. The molecule has 2 rings (SSSR count). The molecule has 0 radical (unpaired) electrons. The second-order valence-corrected chi connectivity index (χ2v) is 6.05. The maximum absolute atomic E-state index is 12.1. The number of carbonyl (C=O) groups is 2. The Morgan fingerprint density at radius 1 is 1.12 bits per heavy atom. The van der Waals surface area contributed by atoms with Crippen molar-refractivity contribution >= 4 is 17.6 Å². The number of aryl methyl sites for hydroxylation is 2. The quantitative estimate of drug-likeness (QED) is 0.624. The van der Waals surface area contributed by atoms with Crippen molar-refractivity contribution in [3.05, 3.63) is 64.7 Å². The van der Waals surface area contributed by atoms with Crippen molar-refractivity contribution < 1.29 is 14.3 Å². The molecule has 25 heavy (non-hydrogen) atoms. The highest BCUT2D eigenvalue weighted by Gasteiger charge is 2.16. The van der Waals surface area contributed by atoms with E-state index < -0.39 is 5.97 Å². The van der Waals surface area contributed by atoms with Crippen LogP contribution >= 0.6 is 0 Å². The summed E-state index contributed by atoms with van der Waals surface area (Å²) in [5.74, 6) is -0.938. The van der Waals surface area contributed by atoms with Crippen molar-refractivity contribution in [1.82, 2.24) is 5.32 Å². The van der Waals surface area contributed by atoms with Gasteiger partial charge in [0, 0.05) is 5.69 Å². The number of hydrogen-bond acceptors (Lipinski definition) is 4. The standard InChI is InChI=1S/C20H24N2O3/c1-4-17(15-10-8-13(2)9-11-15)22-18(23)12-25-20(24)16-7-5-6-14(3)19(16)21/h5-11,17H,4,12,21H2,1-3H3,(H,22,23)/t17-/m1/s1. The Hall–Kier alpha value is -2.82. The normalized spacial score (nSPS) is 11.6. The van der Waals surface area contributed by atoms with Gasteiger partial charge in [0.15, 0.2) is 6.61 Å². The Morgan fingerprint density at radius 3 is 2.44 bits per heavy atom. The minimum atomic E-state index is -0.597. The maximum atomic E-state index is 12.1. The van der Waals surface area contributed by atoms with Gasteiger partial charge in [-0.3, -0.25) is 4.79 Å². The first-order chi connectivity index (χ1) is 11.9. The van der Waals surface area contributed by atoms with Crippen molar-refractivity contribution in [3.8, 4) is 0 Å². The van der Waals surface area contributed by atoms with E-state index in [1.165, 1.54) is 0 Å². The number of esters is 1. The zero-order valence-corrected chi connectivity index (χ0v) is 14.8. The lowest BCUT2D eigenvalue weighted by atomic mass is 10.0. The average Bonchev–Trinajstić information content (AvgIpc) is 2.61. The van der Waals surface area contributed by atoms with E-state index in [1.807, 2.05) is 51.1 Å². The predicted molar refractivity (Wildman–Crippen MR) is 98.2 cm³/mol. The van der Waals surface area contributed by atoms with E-state index in [0.29, 0.717) is 5.69 Å². The van der Waals surface area contributed by atoms with E-state index in [2.05, 4.69) is 5.32 Å². The van der Waals surface area contributed by atoms with Gasteiger partial charge in [0.2, 0.25) is 0 Å². The minimum absolute atomic E-state index is 0.115. The molecule has 3 N–H and O–H groups in total. The zero-order chi connectivity index (χ0) is 18.4. The molecule has 5 nitrogen and oxygen atoms in total. The Bertz CT molecular complexity index is 754. The fourth-order valence-electron chi connectivity index (χ4n) is 2.52. The van der Waals surface area contributed by atoms with E-state index >= 15 is 0 Å². The van der Waals surface area contributed by atoms with E-state index in [9.17, 15) is 9.59 Å². The molecule has 0 aliphatic rings. The van der Waals surface area contributed by atoms with Crippen LogP contribution in [0.25, 0.3) is 0 Å². The number of hydrogen-bond donors (Lipinski definition) is 2. The summed E-state index contributed by atoms with van der Waals surface area (Å²) in [6.45, 7) is 5.48. The maximum Gasteiger partial charge on any atom is 0.340 e. The van der Waals surface area contributed by atoms with Crippen molar-refractivity contribution in [2.45, 2.75) is 33.2 Å². The van der Waals surface area contributed by atoms with Crippen molar-refractivity contribution in [1.29, 1.82) is 0 Å². The predicted octanol–water partition coefficient (Wildman–Crippen LogP) is 3.31. The van der Waals surface area contributed by atoms with Gasteiger partial charge in [0.05, 0.1) is 11.6 Å². The number of ether oxygens (including phenoxy) is 1. The lowest BCUT2D eigenvalue weighted by molar-refractivity contribution is -0.125. The smallest absolute Gasteiger partial charge is 0.340 e. The van der Waals surface area contributed by atoms with E-state index in [-0.39, 0.29) is 24.1 Å². The number of benzene rings is 2. The first kappa shape index (κ1) is 18.5. The van der Waals surface area contributed by atoms with Crippen LogP contribution < -0.4 is 11.1 Å². The second-order valence-electron chi connectivity index (χ2n) is 6.05. The summed E-state index contributed by atoms with van der Waals surface area (Å²) < 4.78 is 5.10. The summed E-state index contributed by atoms with van der Waals surface area (Å²) in [5, 5.41) is 2.89. The van der Waals surface area contributed by atoms with Crippen molar-refractivity contribution in [3.63, 3.8) is 0 Å². The van der Waals surface area contributed by atoms with Gasteiger partial charge in [-0.15, -0.1) is 0 Å². The molecular weight excluding hydrogens is 316 g/mol. The third-order valence-electron chi connectivity index (χ3n) is 4.10. The summed E-state index contributed by atoms with van der Waals surface area (Å²) in [6.07, 6.45) is 0.744. The van der Waals surface area contributed by atoms with Gasteiger partial charge in [-0.2, -0.15) is 0 Å². The van der Waals surface area contributed by atoms with Crippen molar-refractivity contribution in [2.24, 2.45) is 0 Å². The number of carbonyl (C=O) groups excluding carboxylic acids is 2. The molecule has 5 heteroatoms. The van der Waals surface area contributed by atoms with Crippen LogP contribution in [0.15, 0.2) is 42.5 Å². The second kappa shape index (κ2) is 8.33. The van der Waals surface area contributed by atoms with E-state index in [4.69, 9.17) is 10.5 Å². The van der Waals surface area contributed by atoms with Gasteiger partial charge in [-0.05, 0) is 37.5 Å². The third-order valence-corrected chi connectivity index (χ3v) is 4.10. The summed E-state index contributed by atoms with van der Waals surface area (Å²) in [6, 6.07) is 13.0. The largest absolute Gasteiger partial charge is 0.452 e. The molecule has 0 aromatic heterocycles. The molecule has 0 saturated heterocycles. The number of anilines is 1. The Balaban J connectivity index is 1.94. The van der Waals surface area contributed by atoms with Crippen LogP contribution in [0.3, 0.4) is 0 Å². The molecule has 0 heterocycles. The third kappa shape index (κ3) is 4.83. The Kier molecular flexibility index (Phi) is 6.17. The van der Waals surface area contributed by atoms with Crippen LogP contribution in [-0.4, -0.2) is 18.5 Å². The number of amides is 1. The molecular formula is C20H24N2O3. The molecule has 0 aliphatic carbocycles. The lowest BCUT2D eigenvalue weighted by Gasteiger charge is -2.18. The van der Waals surface area contributed by atoms with Gasteiger partial charge in [-0.25, -0.2) is 4.79 Å². The first-order valence-corrected chi connectivity index (χ1v) is 8.30. The van der Waals surface area contributed by atoms with Crippen LogP contribution in [0.1, 0.15) is 46.4 Å². The molecule has 0 saturated carbocycles. The molecule has 0 fully saturated rings. The number of rotatable bonds is 6. The van der Waals surface area contributed by atoms with Crippen LogP contribution in [-0.2, 0) is 9.53 Å². The molecule has 0 spiro atoms. The van der Waals surface area contributed by atoms with E-state index in [1.54, 1.807) is 12.1 Å². The molecule has 0 unspecified atom stereocenters. The SMILES string of the molecule is CC[C@@H](NC(=O)COC(=O)c1cccc(C)c1N)c1ccc(C)cc1. The zero-order valence-electron chi connectivity index (χ0n) is 14.8. The number of nitrogens with one attached hydrogen (secondary N) is 1. The number of nitrogen functional groups attached to an aromatic ring is 1. The minimum Gasteiger partial charge on any atom is -0.452 e.